The Kier molecular flexibility index (Phi) is 6.12. The normalized spacial score (nSPS) is 11.6. The third-order valence-corrected chi connectivity index (χ3v) is 4.86. The Balaban J connectivity index is 1.64. The van der Waals surface area contributed by atoms with Gasteiger partial charge in [0.15, 0.2) is 5.69 Å². The number of halogens is 3. The fraction of sp³-hybridized carbons (Fsp3) is 0.174. The average molecular weight is 485 g/mol. The van der Waals surface area contributed by atoms with Gasteiger partial charge in [0.1, 0.15) is 11.3 Å². The molecular weight excluding hydrogens is 467 g/mol. The van der Waals surface area contributed by atoms with Crippen LogP contribution in [-0.2, 0) is 10.9 Å². The molecule has 0 spiro atoms. The number of aromatic nitrogens is 5. The number of benzene rings is 2. The van der Waals surface area contributed by atoms with E-state index >= 15 is 0 Å². The highest BCUT2D eigenvalue weighted by Gasteiger charge is 2.41. The van der Waals surface area contributed by atoms with Gasteiger partial charge in [-0.2, -0.15) is 18.3 Å². The van der Waals surface area contributed by atoms with E-state index in [-0.39, 0.29) is 11.3 Å². The maximum Gasteiger partial charge on any atom is 0.434 e. The summed E-state index contributed by atoms with van der Waals surface area (Å²) in [5.41, 5.74) is -0.312. The summed E-state index contributed by atoms with van der Waals surface area (Å²) in [6.07, 6.45) is -3.06. The molecule has 0 aliphatic carbocycles. The Bertz CT molecular complexity index is 1390. The van der Waals surface area contributed by atoms with Crippen LogP contribution in [0.3, 0.4) is 0 Å². The van der Waals surface area contributed by atoms with Crippen molar-refractivity contribution in [3.8, 4) is 22.6 Å². The lowest BCUT2D eigenvalue weighted by molar-refractivity contribution is -0.143. The second-order valence-corrected chi connectivity index (χ2v) is 7.72. The van der Waals surface area contributed by atoms with Gasteiger partial charge in [0, 0.05) is 5.56 Å². The van der Waals surface area contributed by atoms with Crippen molar-refractivity contribution in [3.05, 3.63) is 77.7 Å². The van der Waals surface area contributed by atoms with Gasteiger partial charge in [-0.1, -0.05) is 17.3 Å². The van der Waals surface area contributed by atoms with Crippen molar-refractivity contribution in [1.29, 1.82) is 0 Å². The zero-order valence-electron chi connectivity index (χ0n) is 18.4. The first-order chi connectivity index (χ1) is 16.5. The van der Waals surface area contributed by atoms with E-state index in [1.165, 1.54) is 54.9 Å². The summed E-state index contributed by atoms with van der Waals surface area (Å²) in [6, 6.07) is 12.0. The molecule has 0 bridgehead atoms. The molecule has 2 aromatic heterocycles. The monoisotopic (exact) mass is 485 g/mol. The van der Waals surface area contributed by atoms with E-state index < -0.39 is 35.5 Å². The van der Waals surface area contributed by atoms with Crippen LogP contribution in [0.4, 0.5) is 13.2 Å². The molecule has 0 fully saturated rings. The first-order valence-corrected chi connectivity index (χ1v) is 10.3. The van der Waals surface area contributed by atoms with Crippen molar-refractivity contribution >= 4 is 11.9 Å². The molecule has 12 heteroatoms. The van der Waals surface area contributed by atoms with Crippen LogP contribution in [0.5, 0.6) is 0 Å². The van der Waals surface area contributed by atoms with E-state index in [2.05, 4.69) is 15.4 Å². The summed E-state index contributed by atoms with van der Waals surface area (Å²) in [6.45, 7) is 3.07. The van der Waals surface area contributed by atoms with Gasteiger partial charge in [-0.15, -0.1) is 5.10 Å². The topological polar surface area (TPSA) is 112 Å². The van der Waals surface area contributed by atoms with Crippen molar-refractivity contribution in [1.82, 2.24) is 24.8 Å². The summed E-state index contributed by atoms with van der Waals surface area (Å²) in [4.78, 5) is 23.3. The number of hydrogen-bond donors (Lipinski definition) is 1. The van der Waals surface area contributed by atoms with E-state index in [0.29, 0.717) is 21.6 Å². The smallest absolute Gasteiger partial charge is 0.434 e. The second kappa shape index (κ2) is 9.05. The van der Waals surface area contributed by atoms with Gasteiger partial charge in [-0.25, -0.2) is 19.0 Å². The van der Waals surface area contributed by atoms with Crippen LogP contribution in [0.25, 0.3) is 22.6 Å². The molecule has 4 rings (SSSR count). The highest BCUT2D eigenvalue weighted by molar-refractivity contribution is 5.91. The van der Waals surface area contributed by atoms with Gasteiger partial charge in [0.2, 0.25) is 0 Å². The van der Waals surface area contributed by atoms with Crippen LogP contribution in [-0.4, -0.2) is 47.9 Å². The molecule has 0 saturated heterocycles. The molecule has 180 valence electrons. The van der Waals surface area contributed by atoms with Crippen LogP contribution in [0.1, 0.15) is 40.3 Å². The summed E-state index contributed by atoms with van der Waals surface area (Å²) in [5.74, 6) is -2.19. The molecule has 0 aliphatic heterocycles. The first-order valence-electron chi connectivity index (χ1n) is 10.3. The van der Waals surface area contributed by atoms with Crippen LogP contribution < -0.4 is 0 Å². The molecule has 0 unspecified atom stereocenters. The maximum absolute atomic E-state index is 13.8. The molecular formula is C23H18F3N5O4. The van der Waals surface area contributed by atoms with Gasteiger partial charge < -0.3 is 9.84 Å². The zero-order valence-corrected chi connectivity index (χ0v) is 18.4. The number of ether oxygens (including phenoxy) is 1. The number of hydrogen-bond acceptors (Lipinski definition) is 6. The number of esters is 1. The van der Waals surface area contributed by atoms with Gasteiger partial charge in [-0.05, 0) is 50.2 Å². The van der Waals surface area contributed by atoms with Gasteiger partial charge >= 0.3 is 18.1 Å². The van der Waals surface area contributed by atoms with Crippen LogP contribution in [0.15, 0.2) is 60.9 Å². The van der Waals surface area contributed by atoms with Gasteiger partial charge in [0.25, 0.3) is 0 Å². The molecule has 4 aromatic rings. The highest BCUT2D eigenvalue weighted by Crippen LogP contribution is 2.34. The van der Waals surface area contributed by atoms with E-state index in [1.807, 2.05) is 0 Å². The van der Waals surface area contributed by atoms with Crippen molar-refractivity contribution in [2.45, 2.75) is 26.1 Å². The van der Waals surface area contributed by atoms with Gasteiger partial charge in [-0.3, -0.25) is 0 Å². The lowest BCUT2D eigenvalue weighted by Crippen LogP contribution is -2.20. The summed E-state index contributed by atoms with van der Waals surface area (Å²) >= 11 is 0. The van der Waals surface area contributed by atoms with Crippen LogP contribution in [0, 0.1) is 0 Å². The molecule has 35 heavy (non-hydrogen) atoms. The Hall–Kier alpha value is -4.48. The molecule has 2 heterocycles. The molecule has 0 aliphatic rings. The number of carboxylic acid groups (broad SMARTS) is 1. The number of nitrogens with zero attached hydrogens (tertiary/aromatic N) is 5. The zero-order chi connectivity index (χ0) is 25.3. The van der Waals surface area contributed by atoms with Crippen molar-refractivity contribution in [2.24, 2.45) is 0 Å². The predicted molar refractivity (Wildman–Crippen MR) is 116 cm³/mol. The summed E-state index contributed by atoms with van der Waals surface area (Å²) in [5, 5.41) is 21.0. The third-order valence-electron chi connectivity index (χ3n) is 4.86. The fourth-order valence-corrected chi connectivity index (χ4v) is 3.32. The molecule has 2 aromatic carbocycles. The number of carboxylic acids is 1. The van der Waals surface area contributed by atoms with Gasteiger partial charge in [0.05, 0.1) is 35.4 Å². The van der Waals surface area contributed by atoms with Crippen molar-refractivity contribution < 1.29 is 32.6 Å². The van der Waals surface area contributed by atoms with Crippen molar-refractivity contribution in [3.63, 3.8) is 0 Å². The minimum absolute atomic E-state index is 0.0687. The number of rotatable bonds is 6. The molecule has 0 saturated carbocycles. The minimum atomic E-state index is -4.86. The highest BCUT2D eigenvalue weighted by atomic mass is 19.4. The van der Waals surface area contributed by atoms with E-state index in [1.54, 1.807) is 18.3 Å². The van der Waals surface area contributed by atoms with Crippen molar-refractivity contribution in [2.75, 3.05) is 0 Å². The number of aromatic carboxylic acids is 1. The quantitative estimate of drug-likeness (QED) is 0.403. The third kappa shape index (κ3) is 4.90. The summed E-state index contributed by atoms with van der Waals surface area (Å²) < 4.78 is 48.3. The SMILES string of the molecule is CC(C)OC(=O)c1cnn(-c2ccc(-n3cc(-c4cccc(C(=O)O)c4)nn3)cc2)c1C(F)(F)F. The Morgan fingerprint density at radius 2 is 1.74 bits per heavy atom. The van der Waals surface area contributed by atoms with E-state index in [9.17, 15) is 22.8 Å². The van der Waals surface area contributed by atoms with Crippen LogP contribution in [0.2, 0.25) is 0 Å². The lowest BCUT2D eigenvalue weighted by atomic mass is 10.1. The molecule has 9 nitrogen and oxygen atoms in total. The molecule has 1 N–H and O–H groups in total. The number of carbonyl (C=O) groups excluding carboxylic acids is 1. The predicted octanol–water partition coefficient (Wildman–Crippen LogP) is 4.40. The number of alkyl halides is 3. The Morgan fingerprint density at radius 3 is 2.37 bits per heavy atom. The van der Waals surface area contributed by atoms with E-state index in [0.717, 1.165) is 6.20 Å². The summed E-state index contributed by atoms with van der Waals surface area (Å²) in [7, 11) is 0. The standard InChI is InChI=1S/C23H18F3N5O4/c1-13(2)35-22(34)18-11-27-31(20(18)23(24,25)26)17-8-6-16(7-9-17)30-12-19(28-29-30)14-4-3-5-15(10-14)21(32)33/h3-13H,1-2H3,(H,32,33). The average Bonchev–Trinajstić information content (AvgIpc) is 3.47. The molecule has 0 radical (unpaired) electrons. The molecule has 0 atom stereocenters. The Labute approximate surface area is 196 Å². The van der Waals surface area contributed by atoms with E-state index in [4.69, 9.17) is 9.84 Å². The molecule has 0 amide bonds. The lowest BCUT2D eigenvalue weighted by Gasteiger charge is -2.13. The minimum Gasteiger partial charge on any atom is -0.478 e. The van der Waals surface area contributed by atoms with Crippen LogP contribution >= 0.6 is 0 Å². The number of carbonyl (C=O) groups is 2. The maximum atomic E-state index is 13.8. The first kappa shape index (κ1) is 23.7. The second-order valence-electron chi connectivity index (χ2n) is 7.72. The Morgan fingerprint density at radius 1 is 1.06 bits per heavy atom. The fourth-order valence-electron chi connectivity index (χ4n) is 3.32. The largest absolute Gasteiger partial charge is 0.478 e.